The molecule has 0 aromatic heterocycles. The Kier molecular flexibility index (Phi) is 5.33. The second kappa shape index (κ2) is 7.32. The molecule has 0 unspecified atom stereocenters. The van der Waals surface area contributed by atoms with Crippen LogP contribution in [-0.2, 0) is 19.9 Å². The van der Waals surface area contributed by atoms with Crippen LogP contribution in [0.5, 0.6) is 0 Å². The second-order valence-corrected chi connectivity index (χ2v) is 10.4. The Labute approximate surface area is 186 Å². The van der Waals surface area contributed by atoms with E-state index < -0.39 is 29.5 Å². The van der Waals surface area contributed by atoms with Crippen molar-refractivity contribution < 1.29 is 32.5 Å². The number of hydrogen-bond donors (Lipinski definition) is 1. The van der Waals surface area contributed by atoms with E-state index in [1.165, 1.54) is 24.3 Å². The monoisotopic (exact) mass is 452 g/mol. The minimum absolute atomic E-state index is 0.00639. The second-order valence-electron chi connectivity index (χ2n) is 10.4. The highest BCUT2D eigenvalue weighted by Gasteiger charge is 2.71. The summed E-state index contributed by atoms with van der Waals surface area (Å²) >= 11 is 0. The first-order chi connectivity index (χ1) is 14.8. The summed E-state index contributed by atoms with van der Waals surface area (Å²) in [5, 5.41) is 10.8. The minimum Gasteiger partial charge on any atom is -0.455 e. The number of ether oxygens (including phenoxy) is 2. The van der Waals surface area contributed by atoms with Crippen molar-refractivity contribution in [3.05, 3.63) is 47.5 Å². The SMILES string of the molecule is CO[C@@](C(=O)O[C@@H]1C=C(C)[C@H]2[C@H]3[C@@H]1[C@]2(C)CC[C@H]3C(C)(C)O)(c1ccccc1)C(F)(F)F. The van der Waals surface area contributed by atoms with Crippen molar-refractivity contribution in [2.75, 3.05) is 7.11 Å². The molecule has 4 nitrogen and oxygen atoms in total. The number of methoxy groups -OCH3 is 1. The first kappa shape index (κ1) is 23.3. The summed E-state index contributed by atoms with van der Waals surface area (Å²) in [6.07, 6.45) is -2.33. The third-order valence-electron chi connectivity index (χ3n) is 8.33. The normalized spacial score (nSPS) is 35.9. The van der Waals surface area contributed by atoms with Crippen molar-refractivity contribution in [3.63, 3.8) is 0 Å². The predicted octanol–water partition coefficient (Wildman–Crippen LogP) is 5.01. The molecule has 0 aliphatic heterocycles. The molecule has 2 fully saturated rings. The number of carbonyl (C=O) groups excluding carboxylic acids is 1. The van der Waals surface area contributed by atoms with Gasteiger partial charge in [-0.15, -0.1) is 0 Å². The van der Waals surface area contributed by atoms with E-state index >= 15 is 0 Å². The summed E-state index contributed by atoms with van der Waals surface area (Å²) in [7, 11) is 0.878. The molecule has 1 aromatic carbocycles. The maximum Gasteiger partial charge on any atom is 0.432 e. The Morgan fingerprint density at radius 1 is 1.19 bits per heavy atom. The molecule has 176 valence electrons. The number of allylic oxidation sites excluding steroid dienone is 1. The highest BCUT2D eigenvalue weighted by molar-refractivity contribution is 5.83. The van der Waals surface area contributed by atoms with Crippen LogP contribution in [0.2, 0.25) is 0 Å². The van der Waals surface area contributed by atoms with Gasteiger partial charge in [-0.05, 0) is 62.9 Å². The van der Waals surface area contributed by atoms with Crippen LogP contribution in [0, 0.1) is 29.1 Å². The van der Waals surface area contributed by atoms with Gasteiger partial charge in [0.05, 0.1) is 5.60 Å². The first-order valence-corrected chi connectivity index (χ1v) is 11.1. The lowest BCUT2D eigenvalue weighted by molar-refractivity contribution is -0.286. The molecule has 7 atom stereocenters. The molecule has 1 aromatic rings. The van der Waals surface area contributed by atoms with E-state index in [9.17, 15) is 23.1 Å². The summed E-state index contributed by atoms with van der Waals surface area (Å²) in [6, 6.07) is 6.89. The van der Waals surface area contributed by atoms with Crippen molar-refractivity contribution in [1.29, 1.82) is 0 Å². The van der Waals surface area contributed by atoms with E-state index in [1.807, 2.05) is 6.92 Å². The zero-order valence-corrected chi connectivity index (χ0v) is 19.1. The van der Waals surface area contributed by atoms with Crippen LogP contribution in [-0.4, -0.2) is 36.1 Å². The highest BCUT2D eigenvalue weighted by atomic mass is 19.4. The fourth-order valence-corrected chi connectivity index (χ4v) is 7.05. The molecular weight excluding hydrogens is 421 g/mol. The van der Waals surface area contributed by atoms with E-state index in [0.717, 1.165) is 25.5 Å². The van der Waals surface area contributed by atoms with Crippen LogP contribution in [0.25, 0.3) is 0 Å². The molecule has 4 aliphatic rings. The molecule has 5 rings (SSSR count). The van der Waals surface area contributed by atoms with Gasteiger partial charge in [-0.1, -0.05) is 42.8 Å². The van der Waals surface area contributed by atoms with Gasteiger partial charge in [-0.25, -0.2) is 4.79 Å². The topological polar surface area (TPSA) is 55.8 Å². The Bertz CT molecular complexity index is 919. The summed E-state index contributed by atoms with van der Waals surface area (Å²) in [4.78, 5) is 13.2. The Morgan fingerprint density at radius 3 is 2.34 bits per heavy atom. The molecule has 0 saturated heterocycles. The maximum atomic E-state index is 14.3. The first-order valence-electron chi connectivity index (χ1n) is 11.1. The van der Waals surface area contributed by atoms with Crippen molar-refractivity contribution in [2.45, 2.75) is 64.0 Å². The summed E-state index contributed by atoms with van der Waals surface area (Å²) in [6.45, 7) is 7.64. The summed E-state index contributed by atoms with van der Waals surface area (Å²) in [5.74, 6) is -1.29. The molecule has 0 amide bonds. The van der Waals surface area contributed by atoms with Crippen LogP contribution in [0.4, 0.5) is 13.2 Å². The number of fused-ring (bicyclic) bond motifs is 1. The van der Waals surface area contributed by atoms with Crippen LogP contribution < -0.4 is 0 Å². The lowest BCUT2D eigenvalue weighted by Gasteiger charge is -2.71. The van der Waals surface area contributed by atoms with E-state index in [-0.39, 0.29) is 34.7 Å². The van der Waals surface area contributed by atoms with Crippen LogP contribution in [0.1, 0.15) is 46.1 Å². The maximum absolute atomic E-state index is 14.3. The van der Waals surface area contributed by atoms with Gasteiger partial charge in [0.1, 0.15) is 6.10 Å². The average Bonchev–Trinajstić information content (AvgIpc) is 2.67. The fraction of sp³-hybridized carbons (Fsp3) is 0.640. The van der Waals surface area contributed by atoms with Crippen molar-refractivity contribution in [3.8, 4) is 0 Å². The Hall–Kier alpha value is -1.86. The molecule has 2 saturated carbocycles. The lowest BCUT2D eigenvalue weighted by atomic mass is 9.33. The van der Waals surface area contributed by atoms with E-state index in [4.69, 9.17) is 9.47 Å². The third-order valence-corrected chi connectivity index (χ3v) is 8.33. The van der Waals surface area contributed by atoms with Gasteiger partial charge < -0.3 is 14.6 Å². The van der Waals surface area contributed by atoms with Gasteiger partial charge in [0.15, 0.2) is 0 Å². The lowest BCUT2D eigenvalue weighted by Crippen LogP contribution is -2.70. The van der Waals surface area contributed by atoms with Gasteiger partial charge in [0.25, 0.3) is 5.60 Å². The standard InChI is InChI=1S/C25H31F3O4/c1-14-13-17(20-18-16(22(2,3)30)11-12-23(20,4)19(14)18)32-21(29)24(31-5,25(26,27)28)15-9-7-6-8-10-15/h6-10,13,16-20,30H,11-12H2,1-5H3/t16-,17-,18+,19+,20-,23-,24-/m1/s1. The van der Waals surface area contributed by atoms with Crippen molar-refractivity contribution >= 4 is 5.97 Å². The molecule has 32 heavy (non-hydrogen) atoms. The Morgan fingerprint density at radius 2 is 1.81 bits per heavy atom. The largest absolute Gasteiger partial charge is 0.455 e. The molecule has 7 heteroatoms. The quantitative estimate of drug-likeness (QED) is 0.504. The highest BCUT2D eigenvalue weighted by Crippen LogP contribution is 2.72. The number of rotatable bonds is 5. The predicted molar refractivity (Wildman–Crippen MR) is 112 cm³/mol. The fourth-order valence-electron chi connectivity index (χ4n) is 7.05. The van der Waals surface area contributed by atoms with E-state index in [2.05, 4.69) is 6.92 Å². The Balaban J connectivity index is 1.71. The van der Waals surface area contributed by atoms with Gasteiger partial charge in [-0.2, -0.15) is 13.2 Å². The van der Waals surface area contributed by atoms with Gasteiger partial charge >= 0.3 is 12.1 Å². The third kappa shape index (κ3) is 3.07. The zero-order valence-electron chi connectivity index (χ0n) is 19.1. The molecule has 1 N–H and O–H groups in total. The molecule has 4 bridgehead atoms. The van der Waals surface area contributed by atoms with Crippen LogP contribution in [0.3, 0.4) is 0 Å². The van der Waals surface area contributed by atoms with Gasteiger partial charge in [-0.3, -0.25) is 0 Å². The van der Waals surface area contributed by atoms with Crippen molar-refractivity contribution in [2.24, 2.45) is 29.1 Å². The smallest absolute Gasteiger partial charge is 0.432 e. The van der Waals surface area contributed by atoms with Crippen LogP contribution >= 0.6 is 0 Å². The molecule has 4 aliphatic carbocycles. The number of hydrogen-bond acceptors (Lipinski definition) is 4. The zero-order chi connectivity index (χ0) is 23.7. The number of esters is 1. The number of alkyl halides is 3. The van der Waals surface area contributed by atoms with E-state index in [1.54, 1.807) is 26.0 Å². The van der Waals surface area contributed by atoms with Crippen LogP contribution in [0.15, 0.2) is 42.0 Å². The number of halogens is 3. The molecule has 0 radical (unpaired) electrons. The number of aliphatic hydroxyl groups is 1. The van der Waals surface area contributed by atoms with Gasteiger partial charge in [0, 0.05) is 18.6 Å². The summed E-state index contributed by atoms with van der Waals surface area (Å²) < 4.78 is 53.5. The average molecular weight is 453 g/mol. The minimum atomic E-state index is -5.01. The van der Waals surface area contributed by atoms with Crippen molar-refractivity contribution in [1.82, 2.24) is 0 Å². The number of benzene rings is 1. The molecular formula is C25H31F3O4. The molecule has 0 heterocycles. The number of carbonyl (C=O) groups is 1. The summed E-state index contributed by atoms with van der Waals surface area (Å²) in [5.41, 5.74) is -3.58. The molecule has 0 spiro atoms. The van der Waals surface area contributed by atoms with Gasteiger partial charge in [0.2, 0.25) is 0 Å². The van der Waals surface area contributed by atoms with E-state index in [0.29, 0.717) is 0 Å².